The van der Waals surface area contributed by atoms with E-state index in [2.05, 4.69) is 5.32 Å². The molecular formula is C10H13F2N. The van der Waals surface area contributed by atoms with Gasteiger partial charge in [0.15, 0.2) is 11.6 Å². The Hall–Kier alpha value is -0.960. The van der Waals surface area contributed by atoms with Crippen LogP contribution in [-0.4, -0.2) is 7.05 Å². The monoisotopic (exact) mass is 185 g/mol. The molecule has 0 heterocycles. The fraction of sp³-hybridized carbons (Fsp3) is 0.400. The van der Waals surface area contributed by atoms with E-state index in [1.165, 1.54) is 6.07 Å². The standard InChI is InChI=1S/C10H13F2N/c1-10(2,13-3)7-4-5-8(11)9(12)6-7/h4-6,13H,1-3H3. The lowest BCUT2D eigenvalue weighted by Gasteiger charge is -2.24. The first-order chi connectivity index (χ1) is 5.97. The third kappa shape index (κ3) is 2.04. The second-order valence-corrected chi connectivity index (χ2v) is 3.50. The van der Waals surface area contributed by atoms with Gasteiger partial charge in [-0.1, -0.05) is 6.07 Å². The molecule has 1 N–H and O–H groups in total. The summed E-state index contributed by atoms with van der Waals surface area (Å²) in [6, 6.07) is 3.94. The maximum atomic E-state index is 12.8. The molecule has 0 aliphatic rings. The predicted molar refractivity (Wildman–Crippen MR) is 48.4 cm³/mol. The Kier molecular flexibility index (Phi) is 2.66. The Morgan fingerprint density at radius 1 is 1.15 bits per heavy atom. The minimum atomic E-state index is -0.810. The lowest BCUT2D eigenvalue weighted by molar-refractivity contribution is 0.435. The molecule has 3 heteroatoms. The van der Waals surface area contributed by atoms with Gasteiger partial charge < -0.3 is 5.32 Å². The first-order valence-electron chi connectivity index (χ1n) is 4.12. The normalized spacial score (nSPS) is 11.8. The molecule has 0 saturated carbocycles. The molecular weight excluding hydrogens is 172 g/mol. The second kappa shape index (κ2) is 3.42. The highest BCUT2D eigenvalue weighted by atomic mass is 19.2. The van der Waals surface area contributed by atoms with Crippen molar-refractivity contribution in [2.45, 2.75) is 19.4 Å². The molecule has 72 valence electrons. The Labute approximate surface area is 76.8 Å². The Morgan fingerprint density at radius 2 is 1.77 bits per heavy atom. The van der Waals surface area contributed by atoms with Crippen LogP contribution in [0.25, 0.3) is 0 Å². The maximum absolute atomic E-state index is 12.8. The zero-order valence-corrected chi connectivity index (χ0v) is 7.99. The summed E-state index contributed by atoms with van der Waals surface area (Å²) in [5.41, 5.74) is 0.392. The minimum Gasteiger partial charge on any atom is -0.311 e. The summed E-state index contributed by atoms with van der Waals surface area (Å²) in [6.07, 6.45) is 0. The predicted octanol–water partition coefficient (Wildman–Crippen LogP) is 2.42. The smallest absolute Gasteiger partial charge is 0.159 e. The molecule has 0 amide bonds. The molecule has 0 fully saturated rings. The molecule has 0 aliphatic carbocycles. The molecule has 0 spiro atoms. The first kappa shape index (κ1) is 10.1. The van der Waals surface area contributed by atoms with Crippen LogP contribution in [0, 0.1) is 11.6 Å². The van der Waals surface area contributed by atoms with Crippen LogP contribution in [0.5, 0.6) is 0 Å². The molecule has 1 nitrogen and oxygen atoms in total. The van der Waals surface area contributed by atoms with Crippen LogP contribution >= 0.6 is 0 Å². The molecule has 0 aliphatic heterocycles. The van der Waals surface area contributed by atoms with E-state index >= 15 is 0 Å². The summed E-state index contributed by atoms with van der Waals surface area (Å²) in [6.45, 7) is 3.80. The largest absolute Gasteiger partial charge is 0.311 e. The summed E-state index contributed by atoms with van der Waals surface area (Å²) >= 11 is 0. The molecule has 1 aromatic carbocycles. The molecule has 0 radical (unpaired) electrons. The highest BCUT2D eigenvalue weighted by Crippen LogP contribution is 2.21. The summed E-state index contributed by atoms with van der Waals surface area (Å²) in [7, 11) is 1.78. The number of hydrogen-bond donors (Lipinski definition) is 1. The number of nitrogens with one attached hydrogen (secondary N) is 1. The van der Waals surface area contributed by atoms with Crippen molar-refractivity contribution in [2.24, 2.45) is 0 Å². The third-order valence-corrected chi connectivity index (χ3v) is 2.27. The van der Waals surface area contributed by atoms with Crippen molar-refractivity contribution in [3.63, 3.8) is 0 Å². The van der Waals surface area contributed by atoms with Crippen molar-refractivity contribution in [2.75, 3.05) is 7.05 Å². The van der Waals surface area contributed by atoms with E-state index < -0.39 is 11.6 Å². The molecule has 1 aromatic rings. The van der Waals surface area contributed by atoms with Crippen LogP contribution in [-0.2, 0) is 5.54 Å². The molecule has 0 unspecified atom stereocenters. The minimum absolute atomic E-state index is 0.339. The summed E-state index contributed by atoms with van der Waals surface area (Å²) < 4.78 is 25.4. The molecule has 13 heavy (non-hydrogen) atoms. The van der Waals surface area contributed by atoms with Crippen molar-refractivity contribution in [1.29, 1.82) is 0 Å². The maximum Gasteiger partial charge on any atom is 0.159 e. The third-order valence-electron chi connectivity index (χ3n) is 2.27. The van der Waals surface area contributed by atoms with Crippen LogP contribution in [0.3, 0.4) is 0 Å². The van der Waals surface area contributed by atoms with E-state index in [1.807, 2.05) is 13.8 Å². The van der Waals surface area contributed by atoms with Gasteiger partial charge >= 0.3 is 0 Å². The summed E-state index contributed by atoms with van der Waals surface area (Å²) in [5, 5.41) is 3.02. The van der Waals surface area contributed by atoms with E-state index in [9.17, 15) is 8.78 Å². The SMILES string of the molecule is CNC(C)(C)c1ccc(F)c(F)c1. The van der Waals surface area contributed by atoms with E-state index in [0.717, 1.165) is 11.6 Å². The number of hydrogen-bond acceptors (Lipinski definition) is 1. The fourth-order valence-electron chi connectivity index (χ4n) is 1.03. The van der Waals surface area contributed by atoms with Crippen LogP contribution in [0.2, 0.25) is 0 Å². The zero-order chi connectivity index (χ0) is 10.1. The van der Waals surface area contributed by atoms with Crippen LogP contribution in [0.4, 0.5) is 8.78 Å². The van der Waals surface area contributed by atoms with Gasteiger partial charge in [-0.15, -0.1) is 0 Å². The van der Waals surface area contributed by atoms with Crippen molar-refractivity contribution in [3.8, 4) is 0 Å². The number of halogens is 2. The Morgan fingerprint density at radius 3 is 2.23 bits per heavy atom. The van der Waals surface area contributed by atoms with Gasteiger partial charge in [-0.25, -0.2) is 8.78 Å². The Bertz CT molecular complexity index is 308. The number of rotatable bonds is 2. The van der Waals surface area contributed by atoms with E-state index in [-0.39, 0.29) is 5.54 Å². The molecule has 0 atom stereocenters. The van der Waals surface area contributed by atoms with Crippen LogP contribution in [0.1, 0.15) is 19.4 Å². The second-order valence-electron chi connectivity index (χ2n) is 3.50. The number of benzene rings is 1. The van der Waals surface area contributed by atoms with Gasteiger partial charge in [-0.05, 0) is 38.6 Å². The lowest BCUT2D eigenvalue weighted by atomic mass is 9.94. The summed E-state index contributed by atoms with van der Waals surface area (Å²) in [4.78, 5) is 0. The van der Waals surface area contributed by atoms with E-state index in [0.29, 0.717) is 0 Å². The van der Waals surface area contributed by atoms with Crippen LogP contribution in [0.15, 0.2) is 18.2 Å². The van der Waals surface area contributed by atoms with Crippen molar-refractivity contribution < 1.29 is 8.78 Å². The van der Waals surface area contributed by atoms with Gasteiger partial charge in [0, 0.05) is 5.54 Å². The van der Waals surface area contributed by atoms with Crippen molar-refractivity contribution in [3.05, 3.63) is 35.4 Å². The fourth-order valence-corrected chi connectivity index (χ4v) is 1.03. The zero-order valence-electron chi connectivity index (χ0n) is 7.99. The lowest BCUT2D eigenvalue weighted by Crippen LogP contribution is -2.33. The van der Waals surface area contributed by atoms with Crippen LogP contribution < -0.4 is 5.32 Å². The molecule has 1 rings (SSSR count). The molecule has 0 saturated heterocycles. The average Bonchev–Trinajstić information content (AvgIpc) is 2.09. The van der Waals surface area contributed by atoms with E-state index in [1.54, 1.807) is 13.1 Å². The van der Waals surface area contributed by atoms with Gasteiger partial charge in [0.05, 0.1) is 0 Å². The highest BCUT2D eigenvalue weighted by molar-refractivity contribution is 5.24. The summed E-state index contributed by atoms with van der Waals surface area (Å²) in [5.74, 6) is -1.61. The Balaban J connectivity index is 3.10. The highest BCUT2D eigenvalue weighted by Gasteiger charge is 2.18. The van der Waals surface area contributed by atoms with Gasteiger partial charge in [0.1, 0.15) is 0 Å². The average molecular weight is 185 g/mol. The van der Waals surface area contributed by atoms with Crippen molar-refractivity contribution in [1.82, 2.24) is 5.32 Å². The first-order valence-corrected chi connectivity index (χ1v) is 4.12. The molecule has 0 aromatic heterocycles. The van der Waals surface area contributed by atoms with Gasteiger partial charge in [0.25, 0.3) is 0 Å². The van der Waals surface area contributed by atoms with Gasteiger partial charge in [0.2, 0.25) is 0 Å². The van der Waals surface area contributed by atoms with E-state index in [4.69, 9.17) is 0 Å². The van der Waals surface area contributed by atoms with Gasteiger partial charge in [-0.2, -0.15) is 0 Å². The van der Waals surface area contributed by atoms with Crippen molar-refractivity contribution >= 4 is 0 Å². The quantitative estimate of drug-likeness (QED) is 0.746. The topological polar surface area (TPSA) is 12.0 Å². The van der Waals surface area contributed by atoms with Gasteiger partial charge in [-0.3, -0.25) is 0 Å². The molecule has 0 bridgehead atoms.